The molecule has 0 saturated carbocycles. The number of pyridine rings is 1. The Bertz CT molecular complexity index is 1330. The highest BCUT2D eigenvalue weighted by atomic mass is 35.5. The normalized spacial score (nSPS) is 15.0. The Morgan fingerprint density at radius 1 is 1.09 bits per heavy atom. The summed E-state index contributed by atoms with van der Waals surface area (Å²) in [6, 6.07) is 16.2. The lowest BCUT2D eigenvalue weighted by Crippen LogP contribution is -2.27. The molecule has 0 atom stereocenters. The summed E-state index contributed by atoms with van der Waals surface area (Å²) < 4.78 is 49.0. The van der Waals surface area contributed by atoms with Gasteiger partial charge in [0.15, 0.2) is 0 Å². The largest absolute Gasteiger partial charge is 0.473 e. The molecule has 0 aliphatic carbocycles. The fraction of sp³-hybridized carbons (Fsp3) is 0.240. The highest BCUT2D eigenvalue weighted by molar-refractivity contribution is 7.85. The topological polar surface area (TPSA) is 91.8 Å². The van der Waals surface area contributed by atoms with Gasteiger partial charge in [-0.3, -0.25) is 4.55 Å². The number of benzene rings is 2. The van der Waals surface area contributed by atoms with E-state index in [1.807, 2.05) is 19.1 Å². The number of hydrogen-bond donors (Lipinski definition) is 2. The summed E-state index contributed by atoms with van der Waals surface area (Å²) in [5, 5.41) is 3.74. The van der Waals surface area contributed by atoms with Gasteiger partial charge in [0.1, 0.15) is 18.2 Å². The molecule has 0 unspecified atom stereocenters. The van der Waals surface area contributed by atoms with Crippen molar-refractivity contribution in [3.05, 3.63) is 93.8 Å². The van der Waals surface area contributed by atoms with Crippen molar-refractivity contribution >= 4 is 27.5 Å². The SMILES string of the molecule is Cc1ccc(S(=O)(=O)O)cc1.Fc1cc(Cl)ccc1COc1cccc(N2CC3=C(CNC3)C2)n1. The number of ether oxygens (including phenoxy) is 1. The molecule has 2 aromatic carbocycles. The molecule has 35 heavy (non-hydrogen) atoms. The summed E-state index contributed by atoms with van der Waals surface area (Å²) in [7, 11) is -4.02. The lowest BCUT2D eigenvalue weighted by molar-refractivity contribution is 0.288. The number of nitrogens with one attached hydrogen (secondary N) is 1. The van der Waals surface area contributed by atoms with Crippen LogP contribution in [0.25, 0.3) is 0 Å². The molecule has 3 aromatic rings. The third-order valence-corrected chi connectivity index (χ3v) is 6.79. The predicted octanol–water partition coefficient (Wildman–Crippen LogP) is 4.41. The third kappa shape index (κ3) is 6.58. The molecule has 1 aromatic heterocycles. The van der Waals surface area contributed by atoms with Gasteiger partial charge in [-0.15, -0.1) is 0 Å². The number of anilines is 1. The van der Waals surface area contributed by atoms with Crippen molar-refractivity contribution in [3.63, 3.8) is 0 Å². The first-order valence-electron chi connectivity index (χ1n) is 10.9. The van der Waals surface area contributed by atoms with E-state index in [0.717, 1.165) is 37.6 Å². The van der Waals surface area contributed by atoms with Gasteiger partial charge in [-0.05, 0) is 48.4 Å². The van der Waals surface area contributed by atoms with Gasteiger partial charge in [0.25, 0.3) is 10.1 Å². The van der Waals surface area contributed by atoms with Crippen LogP contribution in [-0.4, -0.2) is 44.1 Å². The standard InChI is InChI=1S/C18H17ClFN3O.C7H8O3S/c19-15-5-4-12(16(20)6-15)11-24-18-3-1-2-17(22-18)23-9-13-7-21-8-14(13)10-23;1-6-2-4-7(5-3-6)11(8,9)10/h1-6,21H,7-11H2;2-5H,1H3,(H,8,9,10). The van der Waals surface area contributed by atoms with Crippen molar-refractivity contribution in [2.24, 2.45) is 0 Å². The smallest absolute Gasteiger partial charge is 0.294 e. The Morgan fingerprint density at radius 2 is 1.77 bits per heavy atom. The summed E-state index contributed by atoms with van der Waals surface area (Å²) in [6.45, 7) is 5.72. The lowest BCUT2D eigenvalue weighted by atomic mass is 10.2. The van der Waals surface area contributed by atoms with Crippen molar-refractivity contribution in [2.75, 3.05) is 31.1 Å². The van der Waals surface area contributed by atoms with Crippen LogP contribution < -0.4 is 15.0 Å². The maximum Gasteiger partial charge on any atom is 0.294 e. The minimum atomic E-state index is -4.02. The second-order valence-corrected chi connectivity index (χ2v) is 10.2. The first kappa shape index (κ1) is 25.1. The molecule has 7 nitrogen and oxygen atoms in total. The van der Waals surface area contributed by atoms with Crippen LogP contribution in [-0.2, 0) is 16.7 Å². The van der Waals surface area contributed by atoms with Crippen molar-refractivity contribution < 1.29 is 22.1 Å². The maximum atomic E-state index is 13.8. The molecule has 2 aliphatic heterocycles. The molecular weight excluding hydrogens is 493 g/mol. The zero-order chi connectivity index (χ0) is 25.0. The van der Waals surface area contributed by atoms with E-state index in [-0.39, 0.29) is 17.3 Å². The van der Waals surface area contributed by atoms with Crippen LogP contribution >= 0.6 is 11.6 Å². The lowest BCUT2D eigenvalue weighted by Gasteiger charge is -2.20. The average molecular weight is 518 g/mol. The van der Waals surface area contributed by atoms with Gasteiger partial charge >= 0.3 is 0 Å². The van der Waals surface area contributed by atoms with Crippen molar-refractivity contribution in [1.29, 1.82) is 0 Å². The second-order valence-electron chi connectivity index (χ2n) is 8.31. The molecule has 0 bridgehead atoms. The predicted molar refractivity (Wildman–Crippen MR) is 133 cm³/mol. The van der Waals surface area contributed by atoms with E-state index < -0.39 is 10.1 Å². The van der Waals surface area contributed by atoms with Gasteiger partial charge in [0.05, 0.1) is 4.90 Å². The van der Waals surface area contributed by atoms with Gasteiger partial charge in [0.2, 0.25) is 5.88 Å². The Kier molecular flexibility index (Phi) is 7.71. The fourth-order valence-corrected chi connectivity index (χ4v) is 4.43. The molecule has 10 heteroatoms. The van der Waals surface area contributed by atoms with Crippen LogP contribution in [0.15, 0.2) is 76.7 Å². The minimum absolute atomic E-state index is 0.0666. The molecule has 184 valence electrons. The number of hydrogen-bond acceptors (Lipinski definition) is 6. The number of nitrogens with zero attached hydrogens (tertiary/aromatic N) is 2. The second kappa shape index (κ2) is 10.7. The van der Waals surface area contributed by atoms with Crippen LogP contribution in [0.1, 0.15) is 11.1 Å². The Balaban J connectivity index is 0.000000221. The maximum absolute atomic E-state index is 13.8. The summed E-state index contributed by atoms with van der Waals surface area (Å²) in [5.41, 5.74) is 4.34. The first-order valence-corrected chi connectivity index (χ1v) is 12.7. The van der Waals surface area contributed by atoms with Crippen LogP contribution in [0.3, 0.4) is 0 Å². The summed E-state index contributed by atoms with van der Waals surface area (Å²) >= 11 is 5.76. The molecule has 0 radical (unpaired) electrons. The van der Waals surface area contributed by atoms with Crippen LogP contribution in [0.4, 0.5) is 10.2 Å². The summed E-state index contributed by atoms with van der Waals surface area (Å²) in [5.74, 6) is 1.01. The minimum Gasteiger partial charge on any atom is -0.473 e. The van der Waals surface area contributed by atoms with E-state index in [2.05, 4.69) is 15.2 Å². The van der Waals surface area contributed by atoms with Gasteiger partial charge < -0.3 is 15.0 Å². The van der Waals surface area contributed by atoms with Gasteiger partial charge in [-0.25, -0.2) is 4.39 Å². The molecule has 3 heterocycles. The molecule has 0 fully saturated rings. The molecule has 0 saturated heterocycles. The van der Waals surface area contributed by atoms with E-state index in [1.54, 1.807) is 30.3 Å². The van der Waals surface area contributed by atoms with Gasteiger partial charge in [-0.1, -0.05) is 41.4 Å². The molecule has 2 aliphatic rings. The van der Waals surface area contributed by atoms with Crippen LogP contribution in [0, 0.1) is 12.7 Å². The fourth-order valence-electron chi connectivity index (χ4n) is 3.79. The zero-order valence-electron chi connectivity index (χ0n) is 19.0. The molecule has 0 amide bonds. The number of aryl methyl sites for hydroxylation is 1. The van der Waals surface area contributed by atoms with Crippen molar-refractivity contribution in [3.8, 4) is 5.88 Å². The van der Waals surface area contributed by atoms with E-state index in [0.29, 0.717) is 16.5 Å². The van der Waals surface area contributed by atoms with Crippen LogP contribution in [0.2, 0.25) is 5.02 Å². The first-order chi connectivity index (χ1) is 16.7. The monoisotopic (exact) mass is 517 g/mol. The van der Waals surface area contributed by atoms with Crippen LogP contribution in [0.5, 0.6) is 5.88 Å². The highest BCUT2D eigenvalue weighted by Crippen LogP contribution is 2.26. The van der Waals surface area contributed by atoms with Gasteiger partial charge in [0, 0.05) is 42.8 Å². The van der Waals surface area contributed by atoms with E-state index >= 15 is 0 Å². The number of rotatable bonds is 5. The average Bonchev–Trinajstić information content (AvgIpc) is 3.42. The zero-order valence-corrected chi connectivity index (χ0v) is 20.6. The van der Waals surface area contributed by atoms with E-state index in [9.17, 15) is 12.8 Å². The number of aromatic nitrogens is 1. The van der Waals surface area contributed by atoms with Crippen molar-refractivity contribution in [1.82, 2.24) is 10.3 Å². The highest BCUT2D eigenvalue weighted by Gasteiger charge is 2.26. The summed E-state index contributed by atoms with van der Waals surface area (Å²) in [6.07, 6.45) is 0. The quantitative estimate of drug-likeness (QED) is 0.382. The molecule has 0 spiro atoms. The molecular formula is C25H25ClFN3O4S. The van der Waals surface area contributed by atoms with Gasteiger partial charge in [-0.2, -0.15) is 13.4 Å². The Morgan fingerprint density at radius 3 is 2.40 bits per heavy atom. The summed E-state index contributed by atoms with van der Waals surface area (Å²) in [4.78, 5) is 6.72. The van der Waals surface area contributed by atoms with E-state index in [1.165, 1.54) is 29.3 Å². The Labute approximate surface area is 209 Å². The third-order valence-electron chi connectivity index (χ3n) is 5.68. The Hall–Kier alpha value is -2.98. The number of halogens is 2. The van der Waals surface area contributed by atoms with Crippen molar-refractivity contribution in [2.45, 2.75) is 18.4 Å². The molecule has 2 N–H and O–H groups in total. The molecule has 5 rings (SSSR count). The van der Waals surface area contributed by atoms with E-state index in [4.69, 9.17) is 20.9 Å².